The van der Waals surface area contributed by atoms with Crippen LogP contribution in [0.3, 0.4) is 0 Å². The molecule has 0 fully saturated rings. The minimum atomic E-state index is -0.124. The number of hydrogen-bond acceptors (Lipinski definition) is 4. The fourth-order valence-electron chi connectivity index (χ4n) is 1.42. The minimum Gasteiger partial charge on any atom is -0.382 e. The predicted octanol–water partition coefficient (Wildman–Crippen LogP) is 1.50. The largest absolute Gasteiger partial charge is 0.382 e. The lowest BCUT2D eigenvalue weighted by molar-refractivity contribution is 0.651. The van der Waals surface area contributed by atoms with Crippen LogP contribution in [-0.4, -0.2) is 9.78 Å². The Balaban J connectivity index is 2.26. The van der Waals surface area contributed by atoms with E-state index < -0.39 is 0 Å². The maximum Gasteiger partial charge on any atom is 0.267 e. The average Bonchev–Trinajstić information content (AvgIpc) is 2.71. The second-order valence-corrected chi connectivity index (χ2v) is 4.73. The molecule has 16 heavy (non-hydrogen) atoms. The summed E-state index contributed by atoms with van der Waals surface area (Å²) in [6.07, 6.45) is 1.02. The summed E-state index contributed by atoms with van der Waals surface area (Å²) in [7, 11) is 0. The molecule has 2 aromatic heterocycles. The summed E-state index contributed by atoms with van der Waals surface area (Å²) in [6, 6.07) is 7.07. The summed E-state index contributed by atoms with van der Waals surface area (Å²) in [6.45, 7) is 2.61. The summed E-state index contributed by atoms with van der Waals surface area (Å²) in [5, 5.41) is 3.99. The van der Waals surface area contributed by atoms with Crippen molar-refractivity contribution < 1.29 is 0 Å². The van der Waals surface area contributed by atoms with Crippen molar-refractivity contribution in [3.63, 3.8) is 0 Å². The minimum absolute atomic E-state index is 0.124. The zero-order chi connectivity index (χ0) is 11.5. The van der Waals surface area contributed by atoms with Crippen molar-refractivity contribution in [2.24, 2.45) is 0 Å². The molecule has 2 rings (SSSR count). The van der Waals surface area contributed by atoms with Crippen molar-refractivity contribution >= 4 is 17.2 Å². The van der Waals surface area contributed by atoms with E-state index in [0.29, 0.717) is 12.4 Å². The molecule has 4 nitrogen and oxygen atoms in total. The Hall–Kier alpha value is -1.62. The van der Waals surface area contributed by atoms with Crippen LogP contribution < -0.4 is 11.3 Å². The van der Waals surface area contributed by atoms with Crippen molar-refractivity contribution in [3.8, 4) is 0 Å². The van der Waals surface area contributed by atoms with E-state index in [9.17, 15) is 4.79 Å². The molecule has 0 saturated heterocycles. The van der Waals surface area contributed by atoms with E-state index in [1.165, 1.54) is 21.7 Å². The van der Waals surface area contributed by atoms with Gasteiger partial charge in [0.1, 0.15) is 5.82 Å². The third-order valence-electron chi connectivity index (χ3n) is 2.26. The van der Waals surface area contributed by atoms with E-state index in [2.05, 4.69) is 18.1 Å². The van der Waals surface area contributed by atoms with Crippen LogP contribution in [0.25, 0.3) is 0 Å². The van der Waals surface area contributed by atoms with E-state index in [0.717, 1.165) is 11.3 Å². The number of thiophene rings is 1. The highest BCUT2D eigenvalue weighted by atomic mass is 32.1. The first-order valence-electron chi connectivity index (χ1n) is 5.10. The van der Waals surface area contributed by atoms with Crippen molar-refractivity contribution in [1.29, 1.82) is 0 Å². The number of nitrogens with zero attached hydrogens (tertiary/aromatic N) is 2. The SMILES string of the molecule is CCc1ccc(Cn2nc(N)ccc2=O)s1. The Morgan fingerprint density at radius 3 is 2.75 bits per heavy atom. The Labute approximate surface area is 97.3 Å². The molecule has 0 saturated carbocycles. The number of nitrogen functional groups attached to an aromatic ring is 1. The highest BCUT2D eigenvalue weighted by molar-refractivity contribution is 7.11. The number of aromatic nitrogens is 2. The van der Waals surface area contributed by atoms with Crippen molar-refractivity contribution in [3.05, 3.63) is 44.4 Å². The summed E-state index contributed by atoms with van der Waals surface area (Å²) in [5.41, 5.74) is 5.42. The van der Waals surface area contributed by atoms with Crippen LogP contribution in [-0.2, 0) is 13.0 Å². The normalized spacial score (nSPS) is 10.6. The Bertz CT molecular complexity index is 544. The molecule has 0 aliphatic heterocycles. The highest BCUT2D eigenvalue weighted by Crippen LogP contribution is 2.17. The molecular formula is C11H13N3OS. The van der Waals surface area contributed by atoms with Crippen LogP contribution >= 0.6 is 11.3 Å². The fourth-order valence-corrected chi connectivity index (χ4v) is 2.36. The van der Waals surface area contributed by atoms with Crippen LogP contribution in [0.5, 0.6) is 0 Å². The van der Waals surface area contributed by atoms with Gasteiger partial charge in [-0.2, -0.15) is 5.10 Å². The fraction of sp³-hybridized carbons (Fsp3) is 0.273. The van der Waals surface area contributed by atoms with E-state index in [1.54, 1.807) is 11.3 Å². The van der Waals surface area contributed by atoms with Gasteiger partial charge in [0.25, 0.3) is 5.56 Å². The van der Waals surface area contributed by atoms with Crippen LogP contribution in [0.1, 0.15) is 16.7 Å². The molecule has 2 heterocycles. The van der Waals surface area contributed by atoms with E-state index >= 15 is 0 Å². The monoisotopic (exact) mass is 235 g/mol. The van der Waals surface area contributed by atoms with Gasteiger partial charge in [0.15, 0.2) is 0 Å². The molecule has 0 aromatic carbocycles. The second-order valence-electron chi connectivity index (χ2n) is 3.48. The summed E-state index contributed by atoms with van der Waals surface area (Å²) >= 11 is 1.70. The first kappa shape index (κ1) is 10.9. The van der Waals surface area contributed by atoms with Gasteiger partial charge < -0.3 is 5.73 Å². The van der Waals surface area contributed by atoms with Crippen LogP contribution in [0.2, 0.25) is 0 Å². The van der Waals surface area contributed by atoms with Gasteiger partial charge in [-0.25, -0.2) is 4.68 Å². The molecular weight excluding hydrogens is 222 g/mol. The molecule has 0 unspecified atom stereocenters. The summed E-state index contributed by atoms with van der Waals surface area (Å²) in [5.74, 6) is 0.367. The zero-order valence-corrected chi connectivity index (χ0v) is 9.83. The van der Waals surface area contributed by atoms with Crippen LogP contribution in [0.15, 0.2) is 29.1 Å². The molecule has 0 atom stereocenters. The second kappa shape index (κ2) is 4.49. The van der Waals surface area contributed by atoms with Gasteiger partial charge in [-0.3, -0.25) is 4.79 Å². The van der Waals surface area contributed by atoms with Gasteiger partial charge in [-0.15, -0.1) is 11.3 Å². The lowest BCUT2D eigenvalue weighted by atomic mass is 10.3. The molecule has 5 heteroatoms. The lowest BCUT2D eigenvalue weighted by Crippen LogP contribution is -2.22. The number of hydrogen-bond donors (Lipinski definition) is 1. The van der Waals surface area contributed by atoms with Gasteiger partial charge >= 0.3 is 0 Å². The van der Waals surface area contributed by atoms with Gasteiger partial charge in [-0.1, -0.05) is 6.92 Å². The molecule has 2 N–H and O–H groups in total. The summed E-state index contributed by atoms with van der Waals surface area (Å²) in [4.78, 5) is 13.9. The standard InChI is InChI=1S/C11H13N3OS/c1-2-8-3-4-9(16-8)7-14-11(15)6-5-10(12)13-14/h3-6H,2,7H2,1H3,(H2,12,13). The predicted molar refractivity (Wildman–Crippen MR) is 65.7 cm³/mol. The number of anilines is 1. The van der Waals surface area contributed by atoms with E-state index in [4.69, 9.17) is 5.73 Å². The van der Waals surface area contributed by atoms with Gasteiger partial charge in [0.2, 0.25) is 0 Å². The van der Waals surface area contributed by atoms with Gasteiger partial charge in [0, 0.05) is 15.8 Å². The van der Waals surface area contributed by atoms with Crippen molar-refractivity contribution in [2.75, 3.05) is 5.73 Å². The molecule has 0 amide bonds. The maximum absolute atomic E-state index is 11.5. The quantitative estimate of drug-likeness (QED) is 0.877. The van der Waals surface area contributed by atoms with Crippen molar-refractivity contribution in [2.45, 2.75) is 19.9 Å². The smallest absolute Gasteiger partial charge is 0.267 e. The lowest BCUT2D eigenvalue weighted by Gasteiger charge is -2.02. The summed E-state index contributed by atoms with van der Waals surface area (Å²) < 4.78 is 1.39. The molecule has 0 bridgehead atoms. The topological polar surface area (TPSA) is 60.9 Å². The third kappa shape index (κ3) is 2.30. The van der Waals surface area contributed by atoms with Gasteiger partial charge in [0.05, 0.1) is 6.54 Å². The average molecular weight is 235 g/mol. The van der Waals surface area contributed by atoms with Crippen LogP contribution in [0, 0.1) is 0 Å². The van der Waals surface area contributed by atoms with Crippen molar-refractivity contribution in [1.82, 2.24) is 9.78 Å². The van der Waals surface area contributed by atoms with E-state index in [-0.39, 0.29) is 5.56 Å². The molecule has 0 aliphatic carbocycles. The number of nitrogens with two attached hydrogens (primary N) is 1. The molecule has 0 aliphatic rings. The van der Waals surface area contributed by atoms with Crippen LogP contribution in [0.4, 0.5) is 5.82 Å². The molecule has 2 aromatic rings. The molecule has 84 valence electrons. The zero-order valence-electron chi connectivity index (χ0n) is 9.01. The Morgan fingerprint density at radius 2 is 2.06 bits per heavy atom. The molecule has 0 radical (unpaired) electrons. The Kier molecular flexibility index (Phi) is 3.05. The number of rotatable bonds is 3. The third-order valence-corrected chi connectivity index (χ3v) is 3.47. The maximum atomic E-state index is 11.5. The first-order valence-corrected chi connectivity index (χ1v) is 5.92. The number of aryl methyl sites for hydroxylation is 1. The molecule has 0 spiro atoms. The highest BCUT2D eigenvalue weighted by Gasteiger charge is 2.02. The Morgan fingerprint density at radius 1 is 1.31 bits per heavy atom. The first-order chi connectivity index (χ1) is 7.69. The van der Waals surface area contributed by atoms with E-state index in [1.807, 2.05) is 6.07 Å². The van der Waals surface area contributed by atoms with Gasteiger partial charge in [-0.05, 0) is 24.6 Å².